The molecule has 0 radical (unpaired) electrons. The average Bonchev–Trinajstić information content (AvgIpc) is 3.35. The fourth-order valence-electron chi connectivity index (χ4n) is 5.08. The molecule has 1 aliphatic heterocycles. The minimum atomic E-state index is -0.714. The molecule has 2 heterocycles. The summed E-state index contributed by atoms with van der Waals surface area (Å²) in [7, 11) is 0. The van der Waals surface area contributed by atoms with Gasteiger partial charge < -0.3 is 25.2 Å². The number of imidazole rings is 1. The molecule has 2 aliphatic rings. The van der Waals surface area contributed by atoms with Gasteiger partial charge in [0, 0.05) is 35.9 Å². The molecule has 1 amide bonds. The molecule has 5 rings (SSSR count). The number of aromatic nitrogens is 2. The predicted octanol–water partition coefficient (Wildman–Crippen LogP) is 4.96. The van der Waals surface area contributed by atoms with Crippen LogP contribution in [0.2, 0.25) is 10.0 Å². The molecule has 1 aromatic heterocycles. The Bertz CT molecular complexity index is 1500. The van der Waals surface area contributed by atoms with Crippen molar-refractivity contribution >= 4 is 62.9 Å². The number of benzene rings is 2. The molecule has 11 heteroatoms. The zero-order chi connectivity index (χ0) is 28.4. The number of aliphatic hydroxyl groups excluding tert-OH is 1. The van der Waals surface area contributed by atoms with Gasteiger partial charge in [0.1, 0.15) is 24.3 Å². The van der Waals surface area contributed by atoms with Crippen molar-refractivity contribution in [2.24, 2.45) is 5.73 Å². The predicted molar refractivity (Wildman–Crippen MR) is 161 cm³/mol. The van der Waals surface area contributed by atoms with Crippen molar-refractivity contribution in [1.82, 2.24) is 14.5 Å². The first-order chi connectivity index (χ1) is 19.2. The van der Waals surface area contributed by atoms with Crippen molar-refractivity contribution in [2.75, 3.05) is 26.2 Å². The lowest BCUT2D eigenvalue weighted by atomic mass is 9.98. The molecule has 1 fully saturated rings. The second kappa shape index (κ2) is 12.4. The third-order valence-electron chi connectivity index (χ3n) is 7.22. The van der Waals surface area contributed by atoms with Crippen molar-refractivity contribution in [2.45, 2.75) is 38.1 Å². The Balaban J connectivity index is 1.37. The van der Waals surface area contributed by atoms with Gasteiger partial charge >= 0.3 is 0 Å². The number of thiocarbonyl (C=S) groups is 1. The number of rotatable bonds is 9. The molecule has 0 spiro atoms. The molecule has 0 saturated carbocycles. The van der Waals surface area contributed by atoms with Gasteiger partial charge in [0.05, 0.1) is 39.2 Å². The summed E-state index contributed by atoms with van der Waals surface area (Å²) in [5, 5.41) is 10.2. The van der Waals surface area contributed by atoms with Gasteiger partial charge in [0.25, 0.3) is 0 Å². The maximum atomic E-state index is 12.3. The molecule has 3 N–H and O–H groups in total. The van der Waals surface area contributed by atoms with Crippen LogP contribution < -0.4 is 10.5 Å². The summed E-state index contributed by atoms with van der Waals surface area (Å²) in [6.45, 7) is 4.44. The first kappa shape index (κ1) is 28.7. The van der Waals surface area contributed by atoms with Gasteiger partial charge in [0.2, 0.25) is 5.91 Å². The highest BCUT2D eigenvalue weighted by Crippen LogP contribution is 2.36. The number of halogens is 2. The van der Waals surface area contributed by atoms with Crippen molar-refractivity contribution in [1.29, 1.82) is 0 Å². The van der Waals surface area contributed by atoms with Gasteiger partial charge in [-0.25, -0.2) is 4.98 Å². The summed E-state index contributed by atoms with van der Waals surface area (Å²) in [6.07, 6.45) is 5.71. The summed E-state index contributed by atoms with van der Waals surface area (Å²) in [5.41, 5.74) is 8.82. The Kier molecular flexibility index (Phi) is 8.89. The van der Waals surface area contributed by atoms with Crippen LogP contribution in [-0.2, 0) is 9.53 Å². The first-order valence-electron chi connectivity index (χ1n) is 13.1. The van der Waals surface area contributed by atoms with Crippen molar-refractivity contribution in [3.8, 4) is 5.75 Å². The van der Waals surface area contributed by atoms with Crippen LogP contribution in [0.25, 0.3) is 16.7 Å². The number of carbonyl (C=O) groups excluding carboxylic acids is 1. The molecule has 2 aromatic carbocycles. The maximum Gasteiger partial charge on any atom is 0.250 e. The van der Waals surface area contributed by atoms with E-state index in [-0.39, 0.29) is 18.3 Å². The lowest BCUT2D eigenvalue weighted by molar-refractivity contribution is -0.114. The molecule has 0 bridgehead atoms. The van der Waals surface area contributed by atoms with Crippen LogP contribution in [-0.4, -0.2) is 68.8 Å². The molecular weight excluding hydrogens is 571 g/mol. The number of nitrogens with zero attached hydrogens (tertiary/aromatic N) is 3. The van der Waals surface area contributed by atoms with Crippen LogP contribution in [0.4, 0.5) is 0 Å². The topological polar surface area (TPSA) is 103 Å². The third-order valence-corrected chi connectivity index (χ3v) is 8.31. The number of nitrogens with two attached hydrogens (primary N) is 1. The second-order valence-corrected chi connectivity index (χ2v) is 11.1. The van der Waals surface area contributed by atoms with Gasteiger partial charge in [-0.05, 0) is 56.2 Å². The number of fused-ring (bicyclic) bond motifs is 1. The normalized spacial score (nSPS) is 19.4. The van der Waals surface area contributed by atoms with Crippen molar-refractivity contribution in [3.63, 3.8) is 0 Å². The van der Waals surface area contributed by atoms with Gasteiger partial charge in [-0.2, -0.15) is 0 Å². The summed E-state index contributed by atoms with van der Waals surface area (Å²) >= 11 is 18.6. The van der Waals surface area contributed by atoms with Crippen molar-refractivity contribution in [3.05, 3.63) is 76.1 Å². The molecule has 1 saturated heterocycles. The minimum Gasteiger partial charge on any atom is -0.489 e. The van der Waals surface area contributed by atoms with E-state index in [1.165, 1.54) is 0 Å². The number of likely N-dealkylation sites (tertiary alicyclic amines) is 1. The van der Waals surface area contributed by atoms with E-state index in [1.54, 1.807) is 24.5 Å². The molecule has 3 aromatic rings. The van der Waals surface area contributed by atoms with Crippen LogP contribution in [0, 0.1) is 0 Å². The van der Waals surface area contributed by atoms with Gasteiger partial charge in [0.15, 0.2) is 0 Å². The number of piperidine rings is 1. The maximum absolute atomic E-state index is 12.3. The van der Waals surface area contributed by atoms with E-state index < -0.39 is 18.1 Å². The van der Waals surface area contributed by atoms with E-state index in [4.69, 9.17) is 50.6 Å². The Morgan fingerprint density at radius 2 is 2.02 bits per heavy atom. The number of allylic oxidation sites excluding steroid dienone is 2. The van der Waals surface area contributed by atoms with Crippen LogP contribution in [0.3, 0.4) is 0 Å². The Morgan fingerprint density at radius 1 is 1.25 bits per heavy atom. The van der Waals surface area contributed by atoms with E-state index in [9.17, 15) is 9.90 Å². The Morgan fingerprint density at radius 3 is 2.75 bits per heavy atom. The van der Waals surface area contributed by atoms with Gasteiger partial charge in [-0.1, -0.05) is 47.6 Å². The van der Waals surface area contributed by atoms with E-state index >= 15 is 0 Å². The quantitative estimate of drug-likeness (QED) is 0.334. The van der Waals surface area contributed by atoms with Crippen LogP contribution in [0.15, 0.2) is 60.5 Å². The number of primary amides is 1. The highest BCUT2D eigenvalue weighted by Gasteiger charge is 2.29. The number of hydrogen-bond donors (Lipinski definition) is 2. The number of β-amino-alcohol motifs (C(OH)–C–C–N with tert-alkyl or cyclic N) is 1. The van der Waals surface area contributed by atoms with Crippen LogP contribution >= 0.6 is 35.4 Å². The van der Waals surface area contributed by atoms with Gasteiger partial charge in [-0.3, -0.25) is 9.36 Å². The summed E-state index contributed by atoms with van der Waals surface area (Å²) in [4.78, 5) is 19.3. The molecule has 1 aliphatic carbocycles. The van der Waals surface area contributed by atoms with E-state index in [1.807, 2.05) is 41.8 Å². The fourth-order valence-corrected chi connectivity index (χ4v) is 5.86. The summed E-state index contributed by atoms with van der Waals surface area (Å²) in [6, 6.07) is 11.0. The molecule has 2 atom stereocenters. The number of amides is 1. The van der Waals surface area contributed by atoms with Crippen LogP contribution in [0.5, 0.6) is 5.75 Å². The molecule has 210 valence electrons. The highest BCUT2D eigenvalue weighted by atomic mass is 35.5. The molecule has 8 nitrogen and oxygen atoms in total. The monoisotopic (exact) mass is 600 g/mol. The second-order valence-electron chi connectivity index (χ2n) is 9.87. The zero-order valence-corrected chi connectivity index (χ0v) is 24.3. The van der Waals surface area contributed by atoms with E-state index in [0.29, 0.717) is 38.4 Å². The number of aliphatic hydroxyl groups is 1. The summed E-state index contributed by atoms with van der Waals surface area (Å²) < 4.78 is 14.5. The van der Waals surface area contributed by atoms with E-state index in [0.717, 1.165) is 37.0 Å². The number of carbonyl (C=O) groups is 1. The third kappa shape index (κ3) is 6.10. The SMILES string of the molecule is C[C@@H](OC1C=C(n2cnc3cc(Cl)ccc32)C=C(C(N)=O)C1=S)c1cccc(OC2CCN(CCO)CC2)c1Cl. The number of ether oxygens (including phenoxy) is 2. The zero-order valence-electron chi connectivity index (χ0n) is 21.9. The fraction of sp³-hybridized carbons (Fsp3) is 0.345. The largest absolute Gasteiger partial charge is 0.489 e. The summed E-state index contributed by atoms with van der Waals surface area (Å²) in [5.74, 6) is -0.0401. The minimum absolute atomic E-state index is 0.0403. The van der Waals surface area contributed by atoms with E-state index in [2.05, 4.69) is 9.88 Å². The lowest BCUT2D eigenvalue weighted by Crippen LogP contribution is -2.39. The smallest absolute Gasteiger partial charge is 0.250 e. The molecular formula is C29H30Cl2N4O4S. The van der Waals surface area contributed by atoms with Crippen molar-refractivity contribution < 1.29 is 19.4 Å². The van der Waals surface area contributed by atoms with Gasteiger partial charge in [-0.15, -0.1) is 0 Å². The number of hydrogen-bond acceptors (Lipinski definition) is 7. The first-order valence-corrected chi connectivity index (χ1v) is 14.3. The highest BCUT2D eigenvalue weighted by molar-refractivity contribution is 7.81. The Labute approximate surface area is 248 Å². The Hall–Kier alpha value is -2.79. The standard InChI is InChI=1S/C29H30Cl2N4O4S/c1-17(21-3-2-4-25(27(21)31)39-20-7-9-34(10-8-20)11-12-36)38-26-15-19(14-22(28(26)40)29(32)37)35-16-33-23-13-18(30)5-6-24(23)35/h2-6,13-17,20,26,36H,7-12H2,1H3,(H2,32,37)/t17-,26?/m1/s1. The van der Waals surface area contributed by atoms with Crippen LogP contribution in [0.1, 0.15) is 31.4 Å². The molecule has 1 unspecified atom stereocenters. The molecule has 40 heavy (non-hydrogen) atoms. The lowest BCUT2D eigenvalue weighted by Gasteiger charge is -2.32. The average molecular weight is 602 g/mol.